The van der Waals surface area contributed by atoms with Gasteiger partial charge in [-0.15, -0.1) is 0 Å². The molecule has 2 N–H and O–H groups in total. The van der Waals surface area contributed by atoms with Gasteiger partial charge >= 0.3 is 6.03 Å². The van der Waals surface area contributed by atoms with Crippen molar-refractivity contribution in [1.82, 2.24) is 10.3 Å². The van der Waals surface area contributed by atoms with Gasteiger partial charge in [0.05, 0.1) is 12.7 Å². The highest BCUT2D eigenvalue weighted by atomic mass is 16.6. The van der Waals surface area contributed by atoms with Gasteiger partial charge in [-0.25, -0.2) is 4.79 Å². The number of hydrogen-bond acceptors (Lipinski definition) is 5. The molecule has 7 heteroatoms. The van der Waals surface area contributed by atoms with Crippen LogP contribution in [0.1, 0.15) is 12.5 Å². The largest absolute Gasteiger partial charge is 0.487 e. The molecule has 0 saturated carbocycles. The van der Waals surface area contributed by atoms with E-state index >= 15 is 0 Å². The Kier molecular flexibility index (Phi) is 5.23. The van der Waals surface area contributed by atoms with Crippen LogP contribution in [0.5, 0.6) is 17.2 Å². The molecule has 0 saturated heterocycles. The molecule has 0 spiro atoms. The molecule has 7 nitrogen and oxygen atoms in total. The maximum absolute atomic E-state index is 12.1. The highest BCUT2D eigenvalue weighted by molar-refractivity contribution is 5.90. The summed E-state index contributed by atoms with van der Waals surface area (Å²) < 4.78 is 16.7. The lowest BCUT2D eigenvalue weighted by molar-refractivity contribution is 0.171. The smallest absolute Gasteiger partial charge is 0.319 e. The highest BCUT2D eigenvalue weighted by Crippen LogP contribution is 2.35. The average Bonchev–Trinajstić information content (AvgIpc) is 2.61. The number of rotatable bonds is 5. The first-order chi connectivity index (χ1) is 12.1. The second kappa shape index (κ2) is 7.74. The third-order valence-corrected chi connectivity index (χ3v) is 3.66. The van der Waals surface area contributed by atoms with Crippen molar-refractivity contribution in [3.8, 4) is 17.2 Å². The van der Waals surface area contributed by atoms with E-state index in [4.69, 9.17) is 14.2 Å². The van der Waals surface area contributed by atoms with Gasteiger partial charge in [0.1, 0.15) is 25.1 Å². The number of benzene rings is 1. The maximum atomic E-state index is 12.1. The minimum Gasteiger partial charge on any atom is -0.487 e. The quantitative estimate of drug-likeness (QED) is 0.872. The Bertz CT molecular complexity index is 737. The Balaban J connectivity index is 1.52. The molecule has 2 aromatic rings. The van der Waals surface area contributed by atoms with Crippen LogP contribution in [0.3, 0.4) is 0 Å². The van der Waals surface area contributed by atoms with Gasteiger partial charge in [0.2, 0.25) is 0 Å². The van der Waals surface area contributed by atoms with Gasteiger partial charge in [0.25, 0.3) is 0 Å². The van der Waals surface area contributed by atoms with Crippen molar-refractivity contribution in [2.45, 2.75) is 20.0 Å². The number of hydrogen-bond donors (Lipinski definition) is 2. The normalized spacial score (nSPS) is 13.7. The van der Waals surface area contributed by atoms with E-state index < -0.39 is 0 Å². The van der Waals surface area contributed by atoms with Crippen molar-refractivity contribution >= 4 is 11.7 Å². The summed E-state index contributed by atoms with van der Waals surface area (Å²) in [4.78, 5) is 16.1. The van der Waals surface area contributed by atoms with Gasteiger partial charge in [-0.3, -0.25) is 4.98 Å². The number of nitrogens with zero attached hydrogens (tertiary/aromatic N) is 1. The summed E-state index contributed by atoms with van der Waals surface area (Å²) in [5.74, 6) is 2.01. The Hall–Kier alpha value is -2.96. The molecular formula is C18H21N3O4. The lowest BCUT2D eigenvalue weighted by Gasteiger charge is -2.21. The molecule has 132 valence electrons. The van der Waals surface area contributed by atoms with E-state index in [0.29, 0.717) is 42.7 Å². The number of urea groups is 1. The van der Waals surface area contributed by atoms with Crippen molar-refractivity contribution in [3.63, 3.8) is 0 Å². The Morgan fingerprint density at radius 2 is 2.08 bits per heavy atom. The van der Waals surface area contributed by atoms with Gasteiger partial charge in [0, 0.05) is 18.0 Å². The molecule has 2 amide bonds. The predicted octanol–water partition coefficient (Wildman–Crippen LogP) is 2.75. The van der Waals surface area contributed by atoms with Gasteiger partial charge < -0.3 is 24.8 Å². The van der Waals surface area contributed by atoms with E-state index in [1.807, 2.05) is 26.0 Å². The SMILES string of the molecule is Cc1cc2c(cc1NC(=O)NC[C@H](C)Oc1cccnc1)OCCO2. The van der Waals surface area contributed by atoms with E-state index in [9.17, 15) is 4.79 Å². The summed E-state index contributed by atoms with van der Waals surface area (Å²) >= 11 is 0. The minimum absolute atomic E-state index is 0.184. The number of aryl methyl sites for hydroxylation is 1. The molecule has 1 aliphatic rings. The van der Waals surface area contributed by atoms with Crippen molar-refractivity contribution in [2.75, 3.05) is 25.1 Å². The molecule has 0 radical (unpaired) electrons. The van der Waals surface area contributed by atoms with E-state index in [0.717, 1.165) is 5.56 Å². The number of aromatic nitrogens is 1. The fraction of sp³-hybridized carbons (Fsp3) is 0.333. The van der Waals surface area contributed by atoms with Crippen molar-refractivity contribution in [3.05, 3.63) is 42.2 Å². The molecule has 0 unspecified atom stereocenters. The van der Waals surface area contributed by atoms with Gasteiger partial charge in [0.15, 0.2) is 11.5 Å². The van der Waals surface area contributed by atoms with Crippen molar-refractivity contribution in [2.24, 2.45) is 0 Å². The zero-order valence-electron chi connectivity index (χ0n) is 14.2. The molecule has 0 bridgehead atoms. The second-order valence-electron chi connectivity index (χ2n) is 5.76. The number of carbonyl (C=O) groups excluding carboxylic acids is 1. The van der Waals surface area contributed by atoms with E-state index in [1.165, 1.54) is 0 Å². The molecule has 2 heterocycles. The summed E-state index contributed by atoms with van der Waals surface area (Å²) in [6.45, 7) is 5.19. The Morgan fingerprint density at radius 3 is 2.80 bits per heavy atom. The van der Waals surface area contributed by atoms with Crippen LogP contribution in [-0.4, -0.2) is 36.9 Å². The van der Waals surface area contributed by atoms with Crippen molar-refractivity contribution in [1.29, 1.82) is 0 Å². The second-order valence-corrected chi connectivity index (χ2v) is 5.76. The predicted molar refractivity (Wildman–Crippen MR) is 93.5 cm³/mol. The van der Waals surface area contributed by atoms with Crippen LogP contribution >= 0.6 is 0 Å². The number of amides is 2. The fourth-order valence-corrected chi connectivity index (χ4v) is 2.42. The first kappa shape index (κ1) is 16.9. The molecule has 1 atom stereocenters. The standard InChI is InChI=1S/C18H21N3O4/c1-12-8-16-17(24-7-6-23-16)9-15(12)21-18(22)20-10-13(2)25-14-4-3-5-19-11-14/h3-5,8-9,11,13H,6-7,10H2,1-2H3,(H2,20,21,22)/t13-/m0/s1. The van der Waals surface area contributed by atoms with Crippen LogP contribution < -0.4 is 24.8 Å². The number of fused-ring (bicyclic) bond motifs is 1. The summed E-state index contributed by atoms with van der Waals surface area (Å²) in [6.07, 6.45) is 3.13. The topological polar surface area (TPSA) is 81.7 Å². The summed E-state index contributed by atoms with van der Waals surface area (Å²) in [7, 11) is 0. The fourth-order valence-electron chi connectivity index (χ4n) is 2.42. The molecule has 3 rings (SSSR count). The Labute approximate surface area is 146 Å². The molecule has 0 aliphatic carbocycles. The number of carbonyl (C=O) groups is 1. The zero-order valence-corrected chi connectivity index (χ0v) is 14.2. The van der Waals surface area contributed by atoms with Gasteiger partial charge in [-0.2, -0.15) is 0 Å². The number of pyridine rings is 1. The van der Waals surface area contributed by atoms with Crippen molar-refractivity contribution < 1.29 is 19.0 Å². The summed E-state index contributed by atoms with van der Waals surface area (Å²) in [5.41, 5.74) is 1.58. The average molecular weight is 343 g/mol. The lowest BCUT2D eigenvalue weighted by atomic mass is 10.1. The van der Waals surface area contributed by atoms with E-state index in [1.54, 1.807) is 24.5 Å². The number of nitrogens with one attached hydrogen (secondary N) is 2. The van der Waals surface area contributed by atoms with Crippen LogP contribution in [0.4, 0.5) is 10.5 Å². The monoisotopic (exact) mass is 343 g/mol. The van der Waals surface area contributed by atoms with E-state index in [2.05, 4.69) is 15.6 Å². The summed E-state index contributed by atoms with van der Waals surface area (Å²) in [5, 5.41) is 5.62. The first-order valence-corrected chi connectivity index (χ1v) is 8.13. The molecule has 1 aromatic heterocycles. The van der Waals surface area contributed by atoms with Crippen LogP contribution in [0.2, 0.25) is 0 Å². The first-order valence-electron chi connectivity index (χ1n) is 8.13. The third-order valence-electron chi connectivity index (χ3n) is 3.66. The number of ether oxygens (including phenoxy) is 3. The molecular weight excluding hydrogens is 322 g/mol. The molecule has 1 aromatic carbocycles. The summed E-state index contributed by atoms with van der Waals surface area (Å²) in [6, 6.07) is 6.95. The van der Waals surface area contributed by atoms with Crippen LogP contribution in [-0.2, 0) is 0 Å². The van der Waals surface area contributed by atoms with Gasteiger partial charge in [-0.1, -0.05) is 0 Å². The molecule has 1 aliphatic heterocycles. The third kappa shape index (κ3) is 4.53. The highest BCUT2D eigenvalue weighted by Gasteiger charge is 2.15. The van der Waals surface area contributed by atoms with Crippen LogP contribution in [0, 0.1) is 6.92 Å². The zero-order chi connectivity index (χ0) is 17.6. The molecule has 0 fully saturated rings. The molecule has 25 heavy (non-hydrogen) atoms. The minimum atomic E-state index is -0.304. The van der Waals surface area contributed by atoms with E-state index in [-0.39, 0.29) is 12.1 Å². The Morgan fingerprint density at radius 1 is 1.32 bits per heavy atom. The number of anilines is 1. The van der Waals surface area contributed by atoms with Crippen LogP contribution in [0.15, 0.2) is 36.7 Å². The van der Waals surface area contributed by atoms with Gasteiger partial charge in [-0.05, 0) is 37.6 Å². The van der Waals surface area contributed by atoms with Crippen LogP contribution in [0.25, 0.3) is 0 Å². The lowest BCUT2D eigenvalue weighted by Crippen LogP contribution is -2.36. The maximum Gasteiger partial charge on any atom is 0.319 e.